The van der Waals surface area contributed by atoms with Crippen LogP contribution in [0, 0.1) is 11.3 Å². The molecule has 0 aliphatic heterocycles. The van der Waals surface area contributed by atoms with E-state index in [4.69, 9.17) is 4.99 Å². The number of aliphatic imine (C=N–C) groups is 1. The Hall–Kier alpha value is -1.52. The van der Waals surface area contributed by atoms with Gasteiger partial charge in [0.25, 0.3) is 0 Å². The Labute approximate surface area is 147 Å². The van der Waals surface area contributed by atoms with Crippen LogP contribution in [0.3, 0.4) is 0 Å². The van der Waals surface area contributed by atoms with E-state index in [0.29, 0.717) is 5.41 Å². The third-order valence-electron chi connectivity index (χ3n) is 4.87. The van der Waals surface area contributed by atoms with Gasteiger partial charge in [0.2, 0.25) is 0 Å². The highest BCUT2D eigenvalue weighted by Crippen LogP contribution is 2.46. The fraction of sp³-hybridized carbons (Fsp3) is 0.789. The minimum Gasteiger partial charge on any atom is -0.357 e. The second kappa shape index (κ2) is 9.09. The topological polar surface area (TPSA) is 54.2 Å². The predicted octanol–water partition coefficient (Wildman–Crippen LogP) is 3.12. The van der Waals surface area contributed by atoms with E-state index in [9.17, 15) is 0 Å². The lowest BCUT2D eigenvalue weighted by Gasteiger charge is -2.42. The summed E-state index contributed by atoms with van der Waals surface area (Å²) >= 11 is 0. The highest BCUT2D eigenvalue weighted by Gasteiger charge is 2.37. The summed E-state index contributed by atoms with van der Waals surface area (Å²) in [6.45, 7) is 9.59. The molecular weight excluding hydrogens is 298 g/mol. The fourth-order valence-electron chi connectivity index (χ4n) is 3.66. The lowest BCUT2D eigenvalue weighted by Crippen LogP contribution is -2.40. The van der Waals surface area contributed by atoms with Crippen LogP contribution in [0.15, 0.2) is 17.4 Å². The Bertz CT molecular complexity index is 514. The summed E-state index contributed by atoms with van der Waals surface area (Å²) in [5.41, 5.74) is 1.76. The van der Waals surface area contributed by atoms with Gasteiger partial charge in [-0.05, 0) is 55.9 Å². The van der Waals surface area contributed by atoms with Gasteiger partial charge in [0.15, 0.2) is 5.96 Å². The van der Waals surface area contributed by atoms with Crippen LogP contribution < -0.4 is 10.6 Å². The van der Waals surface area contributed by atoms with Crippen molar-refractivity contribution in [2.24, 2.45) is 23.4 Å². The van der Waals surface area contributed by atoms with Crippen molar-refractivity contribution in [3.8, 4) is 0 Å². The molecule has 0 amide bonds. The first-order valence-electron chi connectivity index (χ1n) is 9.53. The summed E-state index contributed by atoms with van der Waals surface area (Å²) in [4.78, 5) is 4.89. The van der Waals surface area contributed by atoms with E-state index in [1.165, 1.54) is 31.2 Å². The van der Waals surface area contributed by atoms with E-state index in [-0.39, 0.29) is 0 Å². The molecule has 0 radical (unpaired) electrons. The summed E-state index contributed by atoms with van der Waals surface area (Å²) in [6, 6.07) is 0. The molecule has 1 heterocycles. The number of hydrogen-bond donors (Lipinski definition) is 2. The molecule has 0 spiro atoms. The van der Waals surface area contributed by atoms with Crippen molar-refractivity contribution in [3.63, 3.8) is 0 Å². The molecule has 24 heavy (non-hydrogen) atoms. The van der Waals surface area contributed by atoms with Gasteiger partial charge in [-0.1, -0.05) is 20.3 Å². The minimum atomic E-state index is 0.465. The first-order chi connectivity index (χ1) is 11.5. The Balaban J connectivity index is 1.77. The number of guanidine groups is 1. The summed E-state index contributed by atoms with van der Waals surface area (Å²) in [7, 11) is 1.96. The SMILES string of the molecule is CCNC(=NCC1(CC(C)C)CCC1)NCCCc1cnn(C)c1. The van der Waals surface area contributed by atoms with Crippen LogP contribution in [0.25, 0.3) is 0 Å². The first kappa shape index (κ1) is 18.8. The molecule has 1 aromatic rings. The summed E-state index contributed by atoms with van der Waals surface area (Å²) in [5.74, 6) is 1.73. The van der Waals surface area contributed by atoms with Gasteiger partial charge in [0, 0.05) is 32.9 Å². The van der Waals surface area contributed by atoms with Crippen LogP contribution in [0.2, 0.25) is 0 Å². The van der Waals surface area contributed by atoms with Gasteiger partial charge in [-0.2, -0.15) is 5.10 Å². The van der Waals surface area contributed by atoms with Gasteiger partial charge in [0.05, 0.1) is 6.20 Å². The summed E-state index contributed by atoms with van der Waals surface area (Å²) in [5, 5.41) is 11.1. The standard InChI is InChI=1S/C19H35N5/c1-5-20-18(21-11-6-8-17-13-23-24(4)14-17)22-15-19(9-7-10-19)12-16(2)3/h13-14,16H,5-12,15H2,1-4H3,(H2,20,21,22). The van der Waals surface area contributed by atoms with Crippen molar-refractivity contribution in [1.82, 2.24) is 20.4 Å². The van der Waals surface area contributed by atoms with Gasteiger partial charge < -0.3 is 10.6 Å². The average molecular weight is 334 g/mol. The summed E-state index contributed by atoms with van der Waals surface area (Å²) < 4.78 is 1.86. The molecule has 1 aliphatic rings. The third-order valence-corrected chi connectivity index (χ3v) is 4.87. The van der Waals surface area contributed by atoms with Crippen molar-refractivity contribution in [1.29, 1.82) is 0 Å². The highest BCUT2D eigenvalue weighted by atomic mass is 15.2. The third kappa shape index (κ3) is 5.84. The van der Waals surface area contributed by atoms with E-state index in [2.05, 4.69) is 42.7 Å². The highest BCUT2D eigenvalue weighted by molar-refractivity contribution is 5.79. The van der Waals surface area contributed by atoms with Crippen molar-refractivity contribution < 1.29 is 0 Å². The van der Waals surface area contributed by atoms with E-state index < -0.39 is 0 Å². The zero-order valence-corrected chi connectivity index (χ0v) is 15.9. The van der Waals surface area contributed by atoms with Gasteiger partial charge in [-0.25, -0.2) is 0 Å². The second-order valence-electron chi connectivity index (χ2n) is 7.70. The monoisotopic (exact) mass is 333 g/mol. The van der Waals surface area contributed by atoms with Gasteiger partial charge >= 0.3 is 0 Å². The van der Waals surface area contributed by atoms with Crippen LogP contribution >= 0.6 is 0 Å². The Kier molecular flexibility index (Phi) is 7.13. The molecule has 1 fully saturated rings. The van der Waals surface area contributed by atoms with E-state index in [1.807, 2.05) is 17.9 Å². The van der Waals surface area contributed by atoms with Gasteiger partial charge in [-0.3, -0.25) is 9.67 Å². The molecule has 5 heteroatoms. The van der Waals surface area contributed by atoms with Crippen molar-refractivity contribution in [2.45, 2.75) is 59.3 Å². The number of hydrogen-bond acceptors (Lipinski definition) is 2. The molecule has 1 aromatic heterocycles. The molecule has 0 aromatic carbocycles. The van der Waals surface area contributed by atoms with Crippen LogP contribution in [-0.2, 0) is 13.5 Å². The molecule has 0 saturated heterocycles. The minimum absolute atomic E-state index is 0.465. The Morgan fingerprint density at radius 3 is 2.71 bits per heavy atom. The van der Waals surface area contributed by atoms with E-state index in [0.717, 1.165) is 44.4 Å². The number of aromatic nitrogens is 2. The normalized spacial score (nSPS) is 17.0. The van der Waals surface area contributed by atoms with Gasteiger partial charge in [0.1, 0.15) is 0 Å². The zero-order chi connectivity index (χ0) is 17.4. The number of nitrogens with one attached hydrogen (secondary N) is 2. The lowest BCUT2D eigenvalue weighted by atomic mass is 9.64. The largest absolute Gasteiger partial charge is 0.357 e. The fourth-order valence-corrected chi connectivity index (χ4v) is 3.66. The maximum atomic E-state index is 4.89. The number of aryl methyl sites for hydroxylation is 2. The lowest BCUT2D eigenvalue weighted by molar-refractivity contribution is 0.111. The van der Waals surface area contributed by atoms with Crippen molar-refractivity contribution in [3.05, 3.63) is 18.0 Å². The average Bonchev–Trinajstić information content (AvgIpc) is 2.91. The maximum absolute atomic E-state index is 4.89. The van der Waals surface area contributed by atoms with Crippen LogP contribution in [0.1, 0.15) is 58.4 Å². The van der Waals surface area contributed by atoms with Crippen molar-refractivity contribution >= 4 is 5.96 Å². The van der Waals surface area contributed by atoms with Gasteiger partial charge in [-0.15, -0.1) is 0 Å². The molecule has 1 aliphatic carbocycles. The molecule has 5 nitrogen and oxygen atoms in total. The molecule has 2 rings (SSSR count). The molecule has 136 valence electrons. The molecule has 0 bridgehead atoms. The smallest absolute Gasteiger partial charge is 0.191 e. The summed E-state index contributed by atoms with van der Waals surface area (Å²) in [6.07, 6.45) is 11.5. The molecule has 2 N–H and O–H groups in total. The van der Waals surface area contributed by atoms with Crippen LogP contribution in [0.5, 0.6) is 0 Å². The molecular formula is C19H35N5. The first-order valence-corrected chi connectivity index (χ1v) is 9.53. The van der Waals surface area contributed by atoms with Crippen LogP contribution in [-0.4, -0.2) is 35.4 Å². The number of nitrogens with zero attached hydrogens (tertiary/aromatic N) is 3. The number of rotatable bonds is 9. The quantitative estimate of drug-likeness (QED) is 0.415. The van der Waals surface area contributed by atoms with Crippen LogP contribution in [0.4, 0.5) is 0 Å². The Morgan fingerprint density at radius 2 is 2.17 bits per heavy atom. The predicted molar refractivity (Wildman–Crippen MR) is 101 cm³/mol. The Morgan fingerprint density at radius 1 is 1.38 bits per heavy atom. The van der Waals surface area contributed by atoms with E-state index >= 15 is 0 Å². The zero-order valence-electron chi connectivity index (χ0n) is 15.9. The van der Waals surface area contributed by atoms with E-state index in [1.54, 1.807) is 0 Å². The molecule has 1 saturated carbocycles. The molecule has 0 atom stereocenters. The second-order valence-corrected chi connectivity index (χ2v) is 7.70. The molecule has 0 unspecified atom stereocenters. The maximum Gasteiger partial charge on any atom is 0.191 e. The van der Waals surface area contributed by atoms with Crippen molar-refractivity contribution in [2.75, 3.05) is 19.6 Å².